The maximum absolute atomic E-state index is 12.0. The number of thiophene rings is 1. The van der Waals surface area contributed by atoms with E-state index in [2.05, 4.69) is 9.62 Å². The molecule has 0 aromatic carbocycles. The van der Waals surface area contributed by atoms with Gasteiger partial charge in [0.25, 0.3) is 0 Å². The van der Waals surface area contributed by atoms with Gasteiger partial charge in [-0.2, -0.15) is 0 Å². The van der Waals surface area contributed by atoms with Crippen molar-refractivity contribution in [2.24, 2.45) is 0 Å². The van der Waals surface area contributed by atoms with E-state index in [-0.39, 0.29) is 9.77 Å². The second kappa shape index (κ2) is 7.32. The summed E-state index contributed by atoms with van der Waals surface area (Å²) in [6.45, 7) is 4.34. The van der Waals surface area contributed by atoms with E-state index in [1.54, 1.807) is 0 Å². The zero-order valence-electron chi connectivity index (χ0n) is 11.4. The van der Waals surface area contributed by atoms with Gasteiger partial charge in [0.15, 0.2) is 0 Å². The van der Waals surface area contributed by atoms with Crippen molar-refractivity contribution >= 4 is 27.3 Å². The van der Waals surface area contributed by atoms with E-state index in [1.165, 1.54) is 11.4 Å². The standard InChI is InChI=1S/C12H18N2O5S2/c15-12(16)11-8-10(9-20-11)21(17,18)13-2-1-3-14-4-6-19-7-5-14/h8-9,13H,1-7H2,(H,15,16). The minimum Gasteiger partial charge on any atom is -0.477 e. The van der Waals surface area contributed by atoms with Crippen molar-refractivity contribution in [3.05, 3.63) is 16.3 Å². The molecule has 9 heteroatoms. The average molecular weight is 334 g/mol. The van der Waals surface area contributed by atoms with Gasteiger partial charge in [-0.05, 0) is 19.0 Å². The smallest absolute Gasteiger partial charge is 0.345 e. The molecular weight excluding hydrogens is 316 g/mol. The van der Waals surface area contributed by atoms with Crippen LogP contribution in [-0.4, -0.2) is 63.8 Å². The summed E-state index contributed by atoms with van der Waals surface area (Å²) >= 11 is 0.906. The van der Waals surface area contributed by atoms with Crippen LogP contribution in [0.5, 0.6) is 0 Å². The molecule has 0 aliphatic carbocycles. The molecule has 2 N–H and O–H groups in total. The van der Waals surface area contributed by atoms with Gasteiger partial charge in [0.1, 0.15) is 4.88 Å². The molecular formula is C12H18N2O5S2. The molecule has 1 aromatic rings. The normalized spacial score (nSPS) is 17.0. The number of hydrogen-bond acceptors (Lipinski definition) is 6. The van der Waals surface area contributed by atoms with E-state index in [9.17, 15) is 13.2 Å². The van der Waals surface area contributed by atoms with Gasteiger partial charge >= 0.3 is 5.97 Å². The zero-order chi connectivity index (χ0) is 15.3. The fraction of sp³-hybridized carbons (Fsp3) is 0.583. The van der Waals surface area contributed by atoms with E-state index in [0.717, 1.165) is 44.2 Å². The molecule has 0 bridgehead atoms. The molecule has 1 aromatic heterocycles. The van der Waals surface area contributed by atoms with Crippen molar-refractivity contribution in [3.8, 4) is 0 Å². The van der Waals surface area contributed by atoms with Crippen LogP contribution in [0.15, 0.2) is 16.3 Å². The lowest BCUT2D eigenvalue weighted by molar-refractivity contribution is 0.0376. The van der Waals surface area contributed by atoms with Gasteiger partial charge in [0.2, 0.25) is 10.0 Å². The van der Waals surface area contributed by atoms with Gasteiger partial charge in [-0.1, -0.05) is 0 Å². The molecule has 0 spiro atoms. The number of ether oxygens (including phenoxy) is 1. The maximum Gasteiger partial charge on any atom is 0.345 e. The average Bonchev–Trinajstić information content (AvgIpc) is 2.96. The highest BCUT2D eigenvalue weighted by atomic mass is 32.2. The Hall–Kier alpha value is -1.00. The summed E-state index contributed by atoms with van der Waals surface area (Å²) in [5, 5.41) is 10.1. The van der Waals surface area contributed by atoms with E-state index >= 15 is 0 Å². The highest BCUT2D eigenvalue weighted by molar-refractivity contribution is 7.89. The van der Waals surface area contributed by atoms with Crippen LogP contribution in [-0.2, 0) is 14.8 Å². The molecule has 0 unspecified atom stereocenters. The molecule has 21 heavy (non-hydrogen) atoms. The van der Waals surface area contributed by atoms with Crippen LogP contribution in [0.4, 0.5) is 0 Å². The predicted molar refractivity (Wildman–Crippen MR) is 78.3 cm³/mol. The second-order valence-corrected chi connectivity index (χ2v) is 7.34. The molecule has 2 rings (SSSR count). The third kappa shape index (κ3) is 4.75. The van der Waals surface area contributed by atoms with Gasteiger partial charge in [-0.3, -0.25) is 4.90 Å². The largest absolute Gasteiger partial charge is 0.477 e. The monoisotopic (exact) mass is 334 g/mol. The molecule has 0 radical (unpaired) electrons. The topological polar surface area (TPSA) is 95.9 Å². The Kier molecular flexibility index (Phi) is 5.71. The summed E-state index contributed by atoms with van der Waals surface area (Å²) in [4.78, 5) is 13.0. The number of nitrogens with one attached hydrogen (secondary N) is 1. The lowest BCUT2D eigenvalue weighted by Crippen LogP contribution is -2.38. The molecule has 7 nitrogen and oxygen atoms in total. The lowest BCUT2D eigenvalue weighted by Gasteiger charge is -2.26. The molecule has 0 atom stereocenters. The summed E-state index contributed by atoms with van der Waals surface area (Å²) in [5.41, 5.74) is 0. The number of carboxylic acids is 1. The zero-order valence-corrected chi connectivity index (χ0v) is 13.1. The van der Waals surface area contributed by atoms with Crippen molar-refractivity contribution < 1.29 is 23.1 Å². The lowest BCUT2D eigenvalue weighted by atomic mass is 10.3. The number of hydrogen-bond donors (Lipinski definition) is 2. The number of carboxylic acid groups (broad SMARTS) is 1. The molecule has 0 saturated carbocycles. The van der Waals surface area contributed by atoms with Gasteiger partial charge in [-0.15, -0.1) is 11.3 Å². The Balaban J connectivity index is 1.79. The Morgan fingerprint density at radius 1 is 1.43 bits per heavy atom. The summed E-state index contributed by atoms with van der Waals surface area (Å²) < 4.78 is 31.7. The van der Waals surface area contributed by atoms with Crippen LogP contribution < -0.4 is 4.72 Å². The van der Waals surface area contributed by atoms with Crippen LogP contribution >= 0.6 is 11.3 Å². The molecule has 1 aliphatic heterocycles. The molecule has 118 valence electrons. The van der Waals surface area contributed by atoms with Gasteiger partial charge in [0.05, 0.1) is 18.1 Å². The SMILES string of the molecule is O=C(O)c1cc(S(=O)(=O)NCCCN2CCOCC2)cs1. The number of aromatic carboxylic acids is 1. The summed E-state index contributed by atoms with van der Waals surface area (Å²) in [7, 11) is -3.62. The Morgan fingerprint density at radius 2 is 2.14 bits per heavy atom. The number of morpholine rings is 1. The molecule has 1 fully saturated rings. The minimum atomic E-state index is -3.62. The number of sulfonamides is 1. The maximum atomic E-state index is 12.0. The highest BCUT2D eigenvalue weighted by Gasteiger charge is 2.18. The van der Waals surface area contributed by atoms with E-state index in [1.807, 2.05) is 0 Å². The molecule has 0 amide bonds. The summed E-state index contributed by atoms with van der Waals surface area (Å²) in [5.74, 6) is -1.12. The van der Waals surface area contributed by atoms with Crippen LogP contribution in [0.25, 0.3) is 0 Å². The minimum absolute atomic E-state index is 0.0104. The van der Waals surface area contributed by atoms with Gasteiger partial charge in [0, 0.05) is 25.0 Å². The predicted octanol–water partition coefficient (Wildman–Crippen LogP) is 0.447. The first kappa shape index (κ1) is 16.4. The summed E-state index contributed by atoms with van der Waals surface area (Å²) in [6.07, 6.45) is 0.704. The first-order chi connectivity index (χ1) is 9.99. The molecule has 1 saturated heterocycles. The number of rotatable bonds is 7. The van der Waals surface area contributed by atoms with E-state index in [4.69, 9.17) is 9.84 Å². The molecule has 1 aliphatic rings. The van der Waals surface area contributed by atoms with Crippen molar-refractivity contribution in [2.75, 3.05) is 39.4 Å². The first-order valence-electron chi connectivity index (χ1n) is 6.60. The van der Waals surface area contributed by atoms with Crippen molar-refractivity contribution in [1.29, 1.82) is 0 Å². The third-order valence-corrected chi connectivity index (χ3v) is 5.65. The van der Waals surface area contributed by atoms with Crippen molar-refractivity contribution in [1.82, 2.24) is 9.62 Å². The van der Waals surface area contributed by atoms with Crippen LogP contribution in [0.2, 0.25) is 0 Å². The first-order valence-corrected chi connectivity index (χ1v) is 8.97. The number of nitrogens with zero attached hydrogens (tertiary/aromatic N) is 1. The Labute approximate surface area is 127 Å². The van der Waals surface area contributed by atoms with Gasteiger partial charge in [-0.25, -0.2) is 17.9 Å². The fourth-order valence-corrected chi connectivity index (χ4v) is 4.17. The van der Waals surface area contributed by atoms with Crippen LogP contribution in [0, 0.1) is 0 Å². The number of carbonyl (C=O) groups is 1. The highest BCUT2D eigenvalue weighted by Crippen LogP contribution is 2.19. The van der Waals surface area contributed by atoms with Crippen LogP contribution in [0.1, 0.15) is 16.1 Å². The quantitative estimate of drug-likeness (QED) is 0.703. The van der Waals surface area contributed by atoms with Crippen LogP contribution in [0.3, 0.4) is 0 Å². The summed E-state index contributed by atoms with van der Waals surface area (Å²) in [6, 6.07) is 1.18. The Bertz CT molecular complexity index is 578. The fourth-order valence-electron chi connectivity index (χ4n) is 1.99. The second-order valence-electron chi connectivity index (χ2n) is 4.66. The van der Waals surface area contributed by atoms with Gasteiger partial charge < -0.3 is 9.84 Å². The Morgan fingerprint density at radius 3 is 2.76 bits per heavy atom. The molecule has 2 heterocycles. The van der Waals surface area contributed by atoms with E-state index < -0.39 is 16.0 Å². The van der Waals surface area contributed by atoms with E-state index in [0.29, 0.717) is 13.0 Å². The van der Waals surface area contributed by atoms with Crippen molar-refractivity contribution in [3.63, 3.8) is 0 Å². The van der Waals surface area contributed by atoms with Crippen molar-refractivity contribution in [2.45, 2.75) is 11.3 Å². The third-order valence-electron chi connectivity index (χ3n) is 3.14.